The minimum absolute atomic E-state index is 0.0423. The van der Waals surface area contributed by atoms with Crippen molar-refractivity contribution in [3.8, 4) is 0 Å². The number of hydrogen-bond acceptors (Lipinski definition) is 5. The lowest BCUT2D eigenvalue weighted by Crippen LogP contribution is -2.47. The zero-order valence-electron chi connectivity index (χ0n) is 17.6. The van der Waals surface area contributed by atoms with Crippen LogP contribution in [-0.2, 0) is 11.2 Å². The Morgan fingerprint density at radius 3 is 2.87 bits per heavy atom. The highest BCUT2D eigenvalue weighted by atomic mass is 127. The standard InChI is InChI=1S/C23H33IN4O2/c29-20(15-18-9-4-3-5-10-18)16-19-17-23(19)13-8-12-22(30)28(23)14-7-2-1-6-11-21-25-24-27-26-21/h3-5,9-10,19-20,29H,1-2,6-8,11-17H2,(H,25,26,27)/t19?,20-,23?/m0/s1. The Kier molecular flexibility index (Phi) is 7.51. The molecule has 1 amide bonds. The maximum absolute atomic E-state index is 12.7. The number of carbonyl (C=O) groups is 1. The number of rotatable bonds is 11. The molecule has 0 radical (unpaired) electrons. The molecule has 4 rings (SSSR count). The molecule has 2 unspecified atom stereocenters. The molecule has 1 aliphatic carbocycles. The first kappa shape index (κ1) is 21.9. The van der Waals surface area contributed by atoms with Crippen molar-refractivity contribution in [2.75, 3.05) is 6.54 Å². The number of benzene rings is 1. The summed E-state index contributed by atoms with van der Waals surface area (Å²) >= 11 is -0.332. The number of aliphatic hydroxyl groups is 1. The van der Waals surface area contributed by atoms with Crippen LogP contribution in [0, 0.1) is 5.92 Å². The summed E-state index contributed by atoms with van der Waals surface area (Å²) in [5.74, 6) is 1.85. The van der Waals surface area contributed by atoms with Gasteiger partial charge in [-0.05, 0) is 56.4 Å². The maximum atomic E-state index is 12.7. The summed E-state index contributed by atoms with van der Waals surface area (Å²) in [7, 11) is 0. The second kappa shape index (κ2) is 10.3. The average Bonchev–Trinajstić information content (AvgIpc) is 3.14. The van der Waals surface area contributed by atoms with E-state index in [4.69, 9.17) is 0 Å². The van der Waals surface area contributed by atoms with Gasteiger partial charge >= 0.3 is 0 Å². The highest BCUT2D eigenvalue weighted by molar-refractivity contribution is 14.1. The number of carbonyl (C=O) groups excluding carboxylic acids is 1. The molecule has 3 aliphatic rings. The van der Waals surface area contributed by atoms with Crippen LogP contribution in [-0.4, -0.2) is 39.9 Å². The van der Waals surface area contributed by atoms with E-state index in [1.165, 1.54) is 12.0 Å². The van der Waals surface area contributed by atoms with E-state index in [1.54, 1.807) is 0 Å². The molecular weight excluding hydrogens is 491 g/mol. The van der Waals surface area contributed by atoms with Gasteiger partial charge in [0.2, 0.25) is 5.91 Å². The van der Waals surface area contributed by atoms with Gasteiger partial charge in [-0.15, -0.1) is 3.25 Å². The molecular formula is C23H33IN4O2. The van der Waals surface area contributed by atoms with E-state index >= 15 is 0 Å². The molecule has 7 heteroatoms. The van der Waals surface area contributed by atoms with E-state index in [1.807, 2.05) is 18.2 Å². The van der Waals surface area contributed by atoms with Crippen molar-refractivity contribution in [1.29, 1.82) is 0 Å². The fourth-order valence-electron chi connectivity index (χ4n) is 5.18. The van der Waals surface area contributed by atoms with E-state index in [0.717, 1.165) is 63.7 Å². The van der Waals surface area contributed by atoms with Gasteiger partial charge in [0.1, 0.15) is 5.84 Å². The van der Waals surface area contributed by atoms with Gasteiger partial charge in [-0.25, -0.2) is 0 Å². The highest BCUT2D eigenvalue weighted by Crippen LogP contribution is 2.56. The number of amidine groups is 1. The first-order valence-corrected chi connectivity index (χ1v) is 13.3. The molecule has 0 bridgehead atoms. The lowest BCUT2D eigenvalue weighted by molar-refractivity contribution is -0.138. The van der Waals surface area contributed by atoms with E-state index in [9.17, 15) is 9.90 Å². The lowest BCUT2D eigenvalue weighted by Gasteiger charge is -2.38. The first-order chi connectivity index (χ1) is 14.7. The molecule has 30 heavy (non-hydrogen) atoms. The zero-order chi connectivity index (χ0) is 20.8. The quantitative estimate of drug-likeness (QED) is 0.326. The van der Waals surface area contributed by atoms with Gasteiger partial charge in [0.15, 0.2) is 21.3 Å². The normalized spacial score (nSPS) is 26.3. The van der Waals surface area contributed by atoms with Gasteiger partial charge in [-0.1, -0.05) is 43.2 Å². The van der Waals surface area contributed by atoms with Gasteiger partial charge < -0.3 is 10.0 Å². The molecule has 2 aliphatic heterocycles. The Morgan fingerprint density at radius 1 is 1.23 bits per heavy atom. The van der Waals surface area contributed by atoms with Crippen molar-refractivity contribution in [3.05, 3.63) is 35.9 Å². The van der Waals surface area contributed by atoms with Gasteiger partial charge in [0, 0.05) is 24.9 Å². The summed E-state index contributed by atoms with van der Waals surface area (Å²) in [5.41, 5.74) is 4.24. The second-order valence-corrected chi connectivity index (χ2v) is 10.3. The molecule has 3 atom stereocenters. The molecule has 2 heterocycles. The fourth-order valence-corrected chi connectivity index (χ4v) is 6.29. The van der Waals surface area contributed by atoms with Crippen molar-refractivity contribution in [1.82, 2.24) is 10.3 Å². The predicted octanol–water partition coefficient (Wildman–Crippen LogP) is 4.69. The molecule has 1 saturated heterocycles. The van der Waals surface area contributed by atoms with Crippen LogP contribution in [0.5, 0.6) is 0 Å². The molecule has 2 fully saturated rings. The fraction of sp³-hybridized carbons (Fsp3) is 0.652. The van der Waals surface area contributed by atoms with Crippen molar-refractivity contribution in [2.45, 2.75) is 82.3 Å². The Balaban J connectivity index is 1.21. The summed E-state index contributed by atoms with van der Waals surface area (Å²) in [6.45, 7) is 0.879. The Bertz CT molecular complexity index is 785. The van der Waals surface area contributed by atoms with E-state index in [-0.39, 0.29) is 32.9 Å². The van der Waals surface area contributed by atoms with Gasteiger partial charge in [-0.2, -0.15) is 3.21 Å². The lowest BCUT2D eigenvalue weighted by atomic mass is 9.93. The van der Waals surface area contributed by atoms with Crippen LogP contribution in [0.2, 0.25) is 0 Å². The SMILES string of the molecule is O=C1CCCC2(CC2C[C@@H](O)Cc2ccccc2)N1CCCCCCC1=NI=NN1. The minimum atomic E-state index is -0.332. The minimum Gasteiger partial charge on any atom is -0.393 e. The third kappa shape index (κ3) is 5.46. The summed E-state index contributed by atoms with van der Waals surface area (Å²) in [5, 5.41) is 10.6. The number of amides is 1. The summed E-state index contributed by atoms with van der Waals surface area (Å²) < 4.78 is 8.52. The molecule has 1 spiro atoms. The van der Waals surface area contributed by atoms with Crippen LogP contribution in [0.25, 0.3) is 0 Å². The van der Waals surface area contributed by atoms with E-state index < -0.39 is 0 Å². The van der Waals surface area contributed by atoms with Crippen LogP contribution in [0.3, 0.4) is 0 Å². The van der Waals surface area contributed by atoms with Crippen LogP contribution in [0.1, 0.15) is 69.8 Å². The van der Waals surface area contributed by atoms with Gasteiger partial charge in [-0.3, -0.25) is 10.2 Å². The average molecular weight is 524 g/mol. The number of nitrogens with zero attached hydrogens (tertiary/aromatic N) is 3. The molecule has 6 nitrogen and oxygen atoms in total. The summed E-state index contributed by atoms with van der Waals surface area (Å²) in [4.78, 5) is 14.9. The number of likely N-dealkylation sites (tertiary alicyclic amines) is 1. The van der Waals surface area contributed by atoms with Crippen molar-refractivity contribution in [2.24, 2.45) is 12.4 Å². The number of aliphatic hydroxyl groups excluding tert-OH is 1. The smallest absolute Gasteiger partial charge is 0.223 e. The zero-order valence-corrected chi connectivity index (χ0v) is 19.8. The number of nitrogens with one attached hydrogen (secondary N) is 1. The van der Waals surface area contributed by atoms with E-state index in [2.05, 4.69) is 28.9 Å². The van der Waals surface area contributed by atoms with Crippen LogP contribution >= 0.6 is 21.3 Å². The number of halogens is 1. The third-order valence-electron chi connectivity index (χ3n) is 6.80. The van der Waals surface area contributed by atoms with Gasteiger partial charge in [0.05, 0.1) is 6.10 Å². The molecule has 1 saturated carbocycles. The predicted molar refractivity (Wildman–Crippen MR) is 127 cm³/mol. The van der Waals surface area contributed by atoms with E-state index in [0.29, 0.717) is 24.7 Å². The maximum Gasteiger partial charge on any atom is 0.223 e. The van der Waals surface area contributed by atoms with Crippen molar-refractivity contribution >= 4 is 33.0 Å². The first-order valence-electron chi connectivity index (χ1n) is 11.4. The second-order valence-electron chi connectivity index (χ2n) is 8.95. The molecule has 1 aromatic rings. The number of hydrogen-bond donors (Lipinski definition) is 2. The molecule has 1 aromatic carbocycles. The summed E-state index contributed by atoms with van der Waals surface area (Å²) in [6, 6.07) is 10.2. The molecule has 164 valence electrons. The molecule has 2 N–H and O–H groups in total. The van der Waals surface area contributed by atoms with Crippen LogP contribution in [0.15, 0.2) is 36.8 Å². The topological polar surface area (TPSA) is 77.3 Å². The number of piperidine rings is 1. The largest absolute Gasteiger partial charge is 0.393 e. The summed E-state index contributed by atoms with van der Waals surface area (Å²) in [6.07, 6.45) is 10.6. The van der Waals surface area contributed by atoms with Crippen LogP contribution in [0.4, 0.5) is 0 Å². The third-order valence-corrected chi connectivity index (χ3v) is 8.06. The Labute approximate surface area is 190 Å². The van der Waals surface area contributed by atoms with Crippen molar-refractivity contribution < 1.29 is 9.90 Å². The number of unbranched alkanes of at least 4 members (excludes halogenated alkanes) is 3. The van der Waals surface area contributed by atoms with Crippen LogP contribution < -0.4 is 5.43 Å². The van der Waals surface area contributed by atoms with Crippen molar-refractivity contribution in [3.63, 3.8) is 0 Å². The highest BCUT2D eigenvalue weighted by Gasteiger charge is 2.60. The Morgan fingerprint density at radius 2 is 2.07 bits per heavy atom. The van der Waals surface area contributed by atoms with Gasteiger partial charge in [0.25, 0.3) is 0 Å². The Hall–Kier alpha value is -1.35. The molecule has 0 aromatic heterocycles. The monoisotopic (exact) mass is 524 g/mol.